The second-order valence-electron chi connectivity index (χ2n) is 5.84. The van der Waals surface area contributed by atoms with E-state index in [0.29, 0.717) is 11.8 Å². The largest absolute Gasteiger partial charge is 0.331 e. The van der Waals surface area contributed by atoms with Crippen LogP contribution in [0, 0.1) is 23.7 Å². The number of nitrogens with zero attached hydrogens (tertiary/aromatic N) is 1. The average molecular weight is 268 g/mol. The smallest absolute Gasteiger partial charge is 0.298 e. The van der Waals surface area contributed by atoms with E-state index in [0.717, 1.165) is 25.1 Å². The molecule has 3 heteroatoms. The molecule has 1 aliphatic heterocycles. The highest BCUT2D eigenvalue weighted by Crippen LogP contribution is 2.35. The quantitative estimate of drug-likeness (QED) is 0.727. The highest BCUT2D eigenvalue weighted by molar-refractivity contribution is 5.94. The van der Waals surface area contributed by atoms with Gasteiger partial charge in [0.1, 0.15) is 0 Å². The zero-order valence-electron chi connectivity index (χ0n) is 11.6. The van der Waals surface area contributed by atoms with Crippen molar-refractivity contribution in [2.75, 3.05) is 13.1 Å². The van der Waals surface area contributed by atoms with E-state index >= 15 is 0 Å². The molecule has 0 bridgehead atoms. The van der Waals surface area contributed by atoms with Crippen molar-refractivity contribution >= 4 is 5.91 Å². The summed E-state index contributed by atoms with van der Waals surface area (Å²) in [5, 5.41) is 0. The van der Waals surface area contributed by atoms with Crippen LogP contribution in [0.1, 0.15) is 24.8 Å². The van der Waals surface area contributed by atoms with E-state index in [4.69, 9.17) is 5.73 Å². The fourth-order valence-corrected chi connectivity index (χ4v) is 3.41. The molecule has 3 nitrogen and oxygen atoms in total. The highest BCUT2D eigenvalue weighted by Gasteiger charge is 2.39. The molecule has 104 valence electrons. The SMILES string of the molecule is NC1CCCC2CN(C(=O)C#Cc3ccccc3)CC12. The summed E-state index contributed by atoms with van der Waals surface area (Å²) in [5.41, 5.74) is 7.06. The minimum Gasteiger partial charge on any atom is -0.331 e. The van der Waals surface area contributed by atoms with Gasteiger partial charge in [0.2, 0.25) is 0 Å². The first-order valence-corrected chi connectivity index (χ1v) is 7.35. The first-order chi connectivity index (χ1) is 9.74. The Kier molecular flexibility index (Phi) is 3.75. The molecular formula is C17H20N2O. The number of hydrogen-bond acceptors (Lipinski definition) is 2. The Morgan fingerprint density at radius 3 is 2.75 bits per heavy atom. The zero-order valence-corrected chi connectivity index (χ0v) is 11.6. The normalized spacial score (nSPS) is 28.4. The third kappa shape index (κ3) is 2.71. The van der Waals surface area contributed by atoms with Gasteiger partial charge >= 0.3 is 0 Å². The fourth-order valence-electron chi connectivity index (χ4n) is 3.41. The van der Waals surface area contributed by atoms with Crippen LogP contribution in [0.25, 0.3) is 0 Å². The summed E-state index contributed by atoms with van der Waals surface area (Å²) in [6.07, 6.45) is 3.49. The molecule has 1 aliphatic carbocycles. The van der Waals surface area contributed by atoms with Gasteiger partial charge in [-0.25, -0.2) is 0 Å². The maximum atomic E-state index is 12.2. The van der Waals surface area contributed by atoms with Gasteiger partial charge in [-0.15, -0.1) is 0 Å². The molecular weight excluding hydrogens is 248 g/mol. The van der Waals surface area contributed by atoms with E-state index in [-0.39, 0.29) is 11.9 Å². The van der Waals surface area contributed by atoms with Crippen molar-refractivity contribution in [3.63, 3.8) is 0 Å². The summed E-state index contributed by atoms with van der Waals surface area (Å²) in [7, 11) is 0. The Hall–Kier alpha value is -1.79. The number of fused-ring (bicyclic) bond motifs is 1. The van der Waals surface area contributed by atoms with Crippen molar-refractivity contribution in [2.45, 2.75) is 25.3 Å². The molecule has 3 unspecified atom stereocenters. The second-order valence-corrected chi connectivity index (χ2v) is 5.84. The molecule has 1 aromatic carbocycles. The summed E-state index contributed by atoms with van der Waals surface area (Å²) < 4.78 is 0. The van der Waals surface area contributed by atoms with E-state index in [1.54, 1.807) is 0 Å². The lowest BCUT2D eigenvalue weighted by Crippen LogP contribution is -2.38. The van der Waals surface area contributed by atoms with Gasteiger partial charge in [0.05, 0.1) is 0 Å². The van der Waals surface area contributed by atoms with Gasteiger partial charge in [-0.1, -0.05) is 30.5 Å². The average Bonchev–Trinajstić information content (AvgIpc) is 2.91. The molecule has 20 heavy (non-hydrogen) atoms. The van der Waals surface area contributed by atoms with Crippen LogP contribution in [0.5, 0.6) is 0 Å². The lowest BCUT2D eigenvalue weighted by molar-refractivity contribution is -0.124. The molecule has 1 saturated heterocycles. The molecule has 0 aromatic heterocycles. The number of nitrogens with two attached hydrogens (primary N) is 1. The standard InChI is InChI=1S/C17H20N2O/c18-16-8-4-7-14-11-19(12-15(14)16)17(20)10-9-13-5-2-1-3-6-13/h1-3,5-6,14-16H,4,7-8,11-12,18H2. The zero-order chi connectivity index (χ0) is 13.9. The monoisotopic (exact) mass is 268 g/mol. The van der Waals surface area contributed by atoms with Gasteiger partial charge in [0.25, 0.3) is 5.91 Å². The first kappa shape index (κ1) is 13.2. The van der Waals surface area contributed by atoms with Crippen molar-refractivity contribution in [1.29, 1.82) is 0 Å². The van der Waals surface area contributed by atoms with Crippen LogP contribution in [-0.4, -0.2) is 29.9 Å². The summed E-state index contributed by atoms with van der Waals surface area (Å²) in [5.74, 6) is 6.71. The molecule has 0 spiro atoms. The van der Waals surface area contributed by atoms with Crippen molar-refractivity contribution in [1.82, 2.24) is 4.90 Å². The Labute approximate surface area is 120 Å². The predicted octanol–water partition coefficient (Wildman–Crippen LogP) is 1.62. The number of carbonyl (C=O) groups excluding carboxylic acids is 1. The minimum atomic E-state index is -0.0598. The highest BCUT2D eigenvalue weighted by atomic mass is 16.2. The van der Waals surface area contributed by atoms with Gasteiger partial charge in [0, 0.05) is 30.6 Å². The molecule has 1 aromatic rings. The number of hydrogen-bond donors (Lipinski definition) is 1. The summed E-state index contributed by atoms with van der Waals surface area (Å²) in [6, 6.07) is 9.89. The van der Waals surface area contributed by atoms with Crippen molar-refractivity contribution in [3.05, 3.63) is 35.9 Å². The summed E-state index contributed by atoms with van der Waals surface area (Å²) in [4.78, 5) is 14.1. The predicted molar refractivity (Wildman–Crippen MR) is 78.7 cm³/mol. The van der Waals surface area contributed by atoms with E-state index in [9.17, 15) is 4.79 Å². The molecule has 1 heterocycles. The molecule has 2 fully saturated rings. The van der Waals surface area contributed by atoms with Crippen LogP contribution in [0.3, 0.4) is 0 Å². The first-order valence-electron chi connectivity index (χ1n) is 7.35. The van der Waals surface area contributed by atoms with Gasteiger partial charge in [-0.05, 0) is 36.8 Å². The fraction of sp³-hybridized carbons (Fsp3) is 0.471. The van der Waals surface area contributed by atoms with Crippen LogP contribution in [0.2, 0.25) is 0 Å². The Bertz CT molecular complexity index is 543. The molecule has 3 atom stereocenters. The van der Waals surface area contributed by atoms with E-state index < -0.39 is 0 Å². The minimum absolute atomic E-state index is 0.0598. The van der Waals surface area contributed by atoms with Gasteiger partial charge in [-0.3, -0.25) is 4.79 Å². The number of rotatable bonds is 0. The maximum absolute atomic E-state index is 12.2. The lowest BCUT2D eigenvalue weighted by Gasteiger charge is -2.29. The second kappa shape index (κ2) is 5.68. The third-order valence-electron chi connectivity index (χ3n) is 4.53. The van der Waals surface area contributed by atoms with Crippen molar-refractivity contribution in [2.24, 2.45) is 17.6 Å². The van der Waals surface area contributed by atoms with Crippen LogP contribution in [0.15, 0.2) is 30.3 Å². The van der Waals surface area contributed by atoms with E-state index in [1.807, 2.05) is 35.2 Å². The van der Waals surface area contributed by atoms with Gasteiger partial charge in [-0.2, -0.15) is 0 Å². The Balaban J connectivity index is 1.66. The topological polar surface area (TPSA) is 46.3 Å². The number of likely N-dealkylation sites (tertiary alicyclic amines) is 1. The lowest BCUT2D eigenvalue weighted by atomic mass is 9.78. The Morgan fingerprint density at radius 2 is 2.00 bits per heavy atom. The van der Waals surface area contributed by atoms with Crippen molar-refractivity contribution < 1.29 is 4.79 Å². The van der Waals surface area contributed by atoms with Crippen LogP contribution < -0.4 is 5.73 Å². The van der Waals surface area contributed by atoms with Gasteiger partial charge in [0.15, 0.2) is 0 Å². The number of amides is 1. The van der Waals surface area contributed by atoms with Crippen LogP contribution in [-0.2, 0) is 4.79 Å². The van der Waals surface area contributed by atoms with Crippen molar-refractivity contribution in [3.8, 4) is 11.8 Å². The van der Waals surface area contributed by atoms with E-state index in [1.165, 1.54) is 12.8 Å². The van der Waals surface area contributed by atoms with Crippen LogP contribution >= 0.6 is 0 Å². The molecule has 2 aliphatic rings. The van der Waals surface area contributed by atoms with Gasteiger partial charge < -0.3 is 10.6 Å². The number of benzene rings is 1. The molecule has 1 amide bonds. The maximum Gasteiger partial charge on any atom is 0.298 e. The Morgan fingerprint density at radius 1 is 1.20 bits per heavy atom. The molecule has 0 radical (unpaired) electrons. The molecule has 3 rings (SSSR count). The molecule has 1 saturated carbocycles. The third-order valence-corrected chi connectivity index (χ3v) is 4.53. The van der Waals surface area contributed by atoms with E-state index in [2.05, 4.69) is 11.8 Å². The number of carbonyl (C=O) groups is 1. The molecule has 2 N–H and O–H groups in total. The summed E-state index contributed by atoms with van der Waals surface area (Å²) >= 11 is 0. The summed E-state index contributed by atoms with van der Waals surface area (Å²) in [6.45, 7) is 1.62. The van der Waals surface area contributed by atoms with Crippen LogP contribution in [0.4, 0.5) is 0 Å².